The first kappa shape index (κ1) is 15.7. The van der Waals surface area contributed by atoms with Gasteiger partial charge in [-0.3, -0.25) is 0 Å². The van der Waals surface area contributed by atoms with Gasteiger partial charge in [0, 0.05) is 9.26 Å². The van der Waals surface area contributed by atoms with Gasteiger partial charge < -0.3 is 15.7 Å². The summed E-state index contributed by atoms with van der Waals surface area (Å²) in [6.45, 7) is 3.68. The van der Waals surface area contributed by atoms with Crippen molar-refractivity contribution < 1.29 is 14.7 Å². The fourth-order valence-corrected chi connectivity index (χ4v) is 2.10. The van der Waals surface area contributed by atoms with E-state index in [4.69, 9.17) is 5.11 Å². The van der Waals surface area contributed by atoms with Crippen LogP contribution in [0.1, 0.15) is 20.3 Å². The zero-order valence-electron chi connectivity index (χ0n) is 10.8. The highest BCUT2D eigenvalue weighted by atomic mass is 127. The number of rotatable bonds is 5. The number of carbonyl (C=O) groups is 2. The van der Waals surface area contributed by atoms with Gasteiger partial charge in [0.05, 0.1) is 0 Å². The third-order valence-corrected chi connectivity index (χ3v) is 3.52. The Balaban J connectivity index is 2.65. The maximum atomic E-state index is 11.8. The number of carbonyl (C=O) groups excluding carboxylic acids is 1. The van der Waals surface area contributed by atoms with Gasteiger partial charge in [0.25, 0.3) is 0 Å². The van der Waals surface area contributed by atoms with E-state index in [0.29, 0.717) is 12.1 Å². The molecule has 0 radical (unpaired) electrons. The van der Waals surface area contributed by atoms with Crippen LogP contribution in [0.25, 0.3) is 0 Å². The Morgan fingerprint density at radius 1 is 1.42 bits per heavy atom. The quantitative estimate of drug-likeness (QED) is 0.692. The molecule has 6 heteroatoms. The Morgan fingerprint density at radius 2 is 2.11 bits per heavy atom. The predicted octanol–water partition coefficient (Wildman–Crippen LogP) is 2.91. The molecule has 2 unspecified atom stereocenters. The van der Waals surface area contributed by atoms with Crippen molar-refractivity contribution in [2.75, 3.05) is 5.32 Å². The van der Waals surface area contributed by atoms with Crippen molar-refractivity contribution in [3.63, 3.8) is 0 Å². The summed E-state index contributed by atoms with van der Waals surface area (Å²) in [5.74, 6) is -1.15. The average Bonchev–Trinajstić information content (AvgIpc) is 2.34. The van der Waals surface area contributed by atoms with Gasteiger partial charge in [0.2, 0.25) is 0 Å². The Kier molecular flexibility index (Phi) is 6.07. The molecule has 0 aliphatic heterocycles. The van der Waals surface area contributed by atoms with Gasteiger partial charge in [-0.05, 0) is 46.7 Å². The summed E-state index contributed by atoms with van der Waals surface area (Å²) >= 11 is 2.14. The van der Waals surface area contributed by atoms with Gasteiger partial charge in [-0.1, -0.05) is 26.3 Å². The molecular formula is C13H17IN2O3. The maximum Gasteiger partial charge on any atom is 0.326 e. The summed E-state index contributed by atoms with van der Waals surface area (Å²) in [6.07, 6.45) is 0.681. The number of anilines is 1. The lowest BCUT2D eigenvalue weighted by Gasteiger charge is -2.20. The number of urea groups is 1. The van der Waals surface area contributed by atoms with E-state index >= 15 is 0 Å². The summed E-state index contributed by atoms with van der Waals surface area (Å²) in [6, 6.07) is 5.89. The highest BCUT2D eigenvalue weighted by Crippen LogP contribution is 2.13. The fraction of sp³-hybridized carbons (Fsp3) is 0.385. The van der Waals surface area contributed by atoms with Crippen molar-refractivity contribution in [3.8, 4) is 0 Å². The number of hydrogen-bond donors (Lipinski definition) is 3. The second-order valence-electron chi connectivity index (χ2n) is 4.31. The SMILES string of the molecule is CCC(C)C(NC(=O)Nc1cccc(I)c1)C(=O)O. The van der Waals surface area contributed by atoms with Gasteiger partial charge in [-0.25, -0.2) is 9.59 Å². The lowest BCUT2D eigenvalue weighted by atomic mass is 9.99. The topological polar surface area (TPSA) is 78.4 Å². The van der Waals surface area contributed by atoms with Crippen LogP contribution < -0.4 is 10.6 Å². The van der Waals surface area contributed by atoms with Gasteiger partial charge in [-0.15, -0.1) is 0 Å². The van der Waals surface area contributed by atoms with Crippen molar-refractivity contribution in [2.45, 2.75) is 26.3 Å². The van der Waals surface area contributed by atoms with E-state index in [0.717, 1.165) is 3.57 Å². The second kappa shape index (κ2) is 7.32. The second-order valence-corrected chi connectivity index (χ2v) is 5.56. The van der Waals surface area contributed by atoms with Gasteiger partial charge in [0.15, 0.2) is 0 Å². The summed E-state index contributed by atoms with van der Waals surface area (Å²) in [4.78, 5) is 22.9. The highest BCUT2D eigenvalue weighted by Gasteiger charge is 2.25. The molecule has 0 aliphatic carbocycles. The molecule has 104 valence electrons. The molecule has 0 fully saturated rings. The third kappa shape index (κ3) is 5.06. The standard InChI is InChI=1S/C13H17IN2O3/c1-3-8(2)11(12(17)18)16-13(19)15-10-6-4-5-9(14)7-10/h4-8,11H,3H2,1-2H3,(H,17,18)(H2,15,16,19). The van der Waals surface area contributed by atoms with Gasteiger partial charge in [-0.2, -0.15) is 0 Å². The minimum atomic E-state index is -1.02. The Morgan fingerprint density at radius 3 is 2.63 bits per heavy atom. The Bertz CT molecular complexity index is 465. The number of carboxylic acid groups (broad SMARTS) is 1. The Hall–Kier alpha value is -1.31. The first-order valence-electron chi connectivity index (χ1n) is 6.00. The van der Waals surface area contributed by atoms with Crippen molar-refractivity contribution >= 4 is 40.3 Å². The zero-order valence-corrected chi connectivity index (χ0v) is 13.0. The minimum absolute atomic E-state index is 0.126. The van der Waals surface area contributed by atoms with Crippen LogP contribution in [-0.2, 0) is 4.79 Å². The van der Waals surface area contributed by atoms with Crippen LogP contribution in [0.2, 0.25) is 0 Å². The van der Waals surface area contributed by atoms with Crippen LogP contribution in [-0.4, -0.2) is 23.1 Å². The molecule has 5 nitrogen and oxygen atoms in total. The van der Waals surface area contributed by atoms with Crippen LogP contribution in [0, 0.1) is 9.49 Å². The van der Waals surface area contributed by atoms with E-state index in [-0.39, 0.29) is 5.92 Å². The lowest BCUT2D eigenvalue weighted by Crippen LogP contribution is -2.46. The summed E-state index contributed by atoms with van der Waals surface area (Å²) in [5, 5.41) is 14.2. The normalized spacial score (nSPS) is 13.4. The molecule has 0 heterocycles. The molecule has 1 aromatic rings. The van der Waals surface area contributed by atoms with Crippen LogP contribution >= 0.6 is 22.6 Å². The molecule has 0 spiro atoms. The average molecular weight is 376 g/mol. The molecule has 2 amide bonds. The number of hydrogen-bond acceptors (Lipinski definition) is 2. The first-order valence-corrected chi connectivity index (χ1v) is 7.07. The third-order valence-electron chi connectivity index (χ3n) is 2.85. The number of aliphatic carboxylic acids is 1. The van der Waals surface area contributed by atoms with Crippen LogP contribution in [0.15, 0.2) is 24.3 Å². The van der Waals surface area contributed by atoms with Crippen LogP contribution in [0.3, 0.4) is 0 Å². The largest absolute Gasteiger partial charge is 0.480 e. The van der Waals surface area contributed by atoms with E-state index in [1.54, 1.807) is 19.1 Å². The van der Waals surface area contributed by atoms with E-state index in [1.165, 1.54) is 0 Å². The van der Waals surface area contributed by atoms with Crippen molar-refractivity contribution in [1.82, 2.24) is 5.32 Å². The Labute approximate surface area is 125 Å². The molecule has 0 bridgehead atoms. The lowest BCUT2D eigenvalue weighted by molar-refractivity contribution is -0.140. The highest BCUT2D eigenvalue weighted by molar-refractivity contribution is 14.1. The van der Waals surface area contributed by atoms with Crippen LogP contribution in [0.4, 0.5) is 10.5 Å². The van der Waals surface area contributed by atoms with Crippen molar-refractivity contribution in [2.24, 2.45) is 5.92 Å². The smallest absolute Gasteiger partial charge is 0.326 e. The number of benzene rings is 1. The molecule has 0 aromatic heterocycles. The molecule has 1 aromatic carbocycles. The summed E-state index contributed by atoms with van der Waals surface area (Å²) in [5.41, 5.74) is 0.637. The van der Waals surface area contributed by atoms with Gasteiger partial charge in [0.1, 0.15) is 6.04 Å². The predicted molar refractivity (Wildman–Crippen MR) is 82.2 cm³/mol. The van der Waals surface area contributed by atoms with Crippen molar-refractivity contribution in [1.29, 1.82) is 0 Å². The molecule has 3 N–H and O–H groups in total. The molecular weight excluding hydrogens is 359 g/mol. The number of amides is 2. The zero-order chi connectivity index (χ0) is 14.4. The van der Waals surface area contributed by atoms with E-state index in [1.807, 2.05) is 19.1 Å². The maximum absolute atomic E-state index is 11.8. The molecule has 0 aliphatic rings. The molecule has 2 atom stereocenters. The number of halogens is 1. The fourth-order valence-electron chi connectivity index (χ4n) is 1.56. The summed E-state index contributed by atoms with van der Waals surface area (Å²) in [7, 11) is 0. The summed E-state index contributed by atoms with van der Waals surface area (Å²) < 4.78 is 0.993. The molecule has 0 saturated carbocycles. The van der Waals surface area contributed by atoms with E-state index in [2.05, 4.69) is 33.2 Å². The van der Waals surface area contributed by atoms with Gasteiger partial charge >= 0.3 is 12.0 Å². The molecule has 1 rings (SSSR count). The van der Waals surface area contributed by atoms with Crippen molar-refractivity contribution in [3.05, 3.63) is 27.8 Å². The first-order chi connectivity index (χ1) is 8.93. The van der Waals surface area contributed by atoms with E-state index in [9.17, 15) is 9.59 Å². The van der Waals surface area contributed by atoms with Crippen LogP contribution in [0.5, 0.6) is 0 Å². The molecule has 0 saturated heterocycles. The van der Waals surface area contributed by atoms with E-state index < -0.39 is 18.0 Å². The number of carboxylic acids is 1. The molecule has 19 heavy (non-hydrogen) atoms. The minimum Gasteiger partial charge on any atom is -0.480 e. The monoisotopic (exact) mass is 376 g/mol. The number of nitrogens with one attached hydrogen (secondary N) is 2.